The van der Waals surface area contributed by atoms with Crippen molar-refractivity contribution in [3.05, 3.63) is 90.9 Å². The van der Waals surface area contributed by atoms with Crippen LogP contribution < -0.4 is 20.1 Å². The highest BCUT2D eigenvalue weighted by Gasteiger charge is 2.13. The molecule has 7 nitrogen and oxygen atoms in total. The zero-order valence-electron chi connectivity index (χ0n) is 18.1. The molecule has 168 valence electrons. The van der Waals surface area contributed by atoms with Crippen molar-refractivity contribution < 1.29 is 18.7 Å². The van der Waals surface area contributed by atoms with Gasteiger partial charge in [0.25, 0.3) is 0 Å². The predicted molar refractivity (Wildman–Crippen MR) is 128 cm³/mol. The third-order valence-electron chi connectivity index (χ3n) is 4.90. The van der Waals surface area contributed by atoms with Gasteiger partial charge in [-0.15, -0.1) is 0 Å². The Morgan fingerprint density at radius 2 is 1.94 bits per heavy atom. The number of carbonyl (C=O) groups excluding carboxylic acids is 1. The summed E-state index contributed by atoms with van der Waals surface area (Å²) in [6.45, 7) is 3.45. The second-order valence-electron chi connectivity index (χ2n) is 7.13. The maximum Gasteiger partial charge on any atom is 0.247 e. The summed E-state index contributed by atoms with van der Waals surface area (Å²) in [6.07, 6.45) is 2.65. The zero-order chi connectivity index (χ0) is 24.1. The van der Waals surface area contributed by atoms with Crippen LogP contribution in [-0.4, -0.2) is 18.0 Å². The Bertz CT molecular complexity index is 1450. The molecule has 8 heteroatoms. The van der Waals surface area contributed by atoms with E-state index in [-0.39, 0.29) is 5.91 Å². The van der Waals surface area contributed by atoms with E-state index in [0.29, 0.717) is 50.8 Å². The van der Waals surface area contributed by atoms with E-state index in [4.69, 9.17) is 9.47 Å². The lowest BCUT2D eigenvalue weighted by Crippen LogP contribution is -2.07. The molecule has 0 unspecified atom stereocenters. The van der Waals surface area contributed by atoms with Gasteiger partial charge < -0.3 is 20.1 Å². The van der Waals surface area contributed by atoms with E-state index >= 15 is 0 Å². The first-order valence-corrected chi connectivity index (χ1v) is 10.2. The molecule has 0 radical (unpaired) electrons. The molecule has 1 aromatic heterocycles. The Kier molecular flexibility index (Phi) is 6.37. The van der Waals surface area contributed by atoms with Gasteiger partial charge in [0.05, 0.1) is 23.9 Å². The second kappa shape index (κ2) is 9.71. The summed E-state index contributed by atoms with van der Waals surface area (Å²) in [7, 11) is 1.49. The molecular formula is C26H19FN4O3. The number of aromatic nitrogens is 1. The van der Waals surface area contributed by atoms with Crippen LogP contribution in [0.3, 0.4) is 0 Å². The molecule has 0 fully saturated rings. The number of benzene rings is 3. The van der Waals surface area contributed by atoms with Crippen LogP contribution in [0.1, 0.15) is 5.56 Å². The maximum absolute atomic E-state index is 13.5. The molecule has 4 rings (SSSR count). The van der Waals surface area contributed by atoms with E-state index in [1.165, 1.54) is 31.5 Å². The minimum Gasteiger partial charge on any atom is -0.493 e. The predicted octanol–water partition coefficient (Wildman–Crippen LogP) is 5.91. The number of carbonyl (C=O) groups is 1. The molecule has 0 aliphatic rings. The van der Waals surface area contributed by atoms with E-state index < -0.39 is 5.82 Å². The Morgan fingerprint density at radius 3 is 2.68 bits per heavy atom. The fourth-order valence-electron chi connectivity index (χ4n) is 3.31. The van der Waals surface area contributed by atoms with Crippen LogP contribution in [0.25, 0.3) is 10.9 Å². The first-order valence-electron chi connectivity index (χ1n) is 10.2. The molecule has 0 aliphatic carbocycles. The Morgan fingerprint density at radius 1 is 1.12 bits per heavy atom. The zero-order valence-corrected chi connectivity index (χ0v) is 18.1. The number of fused-ring (bicyclic) bond motifs is 1. The second-order valence-corrected chi connectivity index (χ2v) is 7.13. The summed E-state index contributed by atoms with van der Waals surface area (Å²) in [6, 6.07) is 18.2. The van der Waals surface area contributed by atoms with E-state index in [1.54, 1.807) is 48.5 Å². The highest BCUT2D eigenvalue weighted by atomic mass is 19.1. The Labute approximate surface area is 195 Å². The number of nitrogens with zero attached hydrogens (tertiary/aromatic N) is 2. The number of hydrogen-bond acceptors (Lipinski definition) is 6. The summed E-state index contributed by atoms with van der Waals surface area (Å²) in [5.74, 6) is 0.377. The van der Waals surface area contributed by atoms with Crippen LogP contribution in [-0.2, 0) is 4.79 Å². The van der Waals surface area contributed by atoms with Gasteiger partial charge in [0, 0.05) is 35.1 Å². The van der Waals surface area contributed by atoms with Crippen molar-refractivity contribution in [1.29, 1.82) is 5.26 Å². The number of amides is 1. The van der Waals surface area contributed by atoms with Crippen LogP contribution in [0.5, 0.6) is 17.2 Å². The van der Waals surface area contributed by atoms with Gasteiger partial charge in [0.2, 0.25) is 5.91 Å². The minimum atomic E-state index is -0.410. The summed E-state index contributed by atoms with van der Waals surface area (Å²) in [5.41, 5.74) is 2.62. The maximum atomic E-state index is 13.5. The lowest BCUT2D eigenvalue weighted by molar-refractivity contribution is -0.111. The topological polar surface area (TPSA) is 96.3 Å². The molecule has 0 atom stereocenters. The van der Waals surface area contributed by atoms with Crippen molar-refractivity contribution in [2.75, 3.05) is 17.7 Å². The molecule has 1 heterocycles. The highest BCUT2D eigenvalue weighted by molar-refractivity contribution is 6.02. The fraction of sp³-hybridized carbons (Fsp3) is 0.0385. The molecule has 34 heavy (non-hydrogen) atoms. The van der Waals surface area contributed by atoms with Crippen LogP contribution in [0.4, 0.5) is 21.5 Å². The first-order chi connectivity index (χ1) is 16.5. The molecule has 0 bridgehead atoms. The largest absolute Gasteiger partial charge is 0.493 e. The van der Waals surface area contributed by atoms with Crippen molar-refractivity contribution >= 4 is 33.9 Å². The molecule has 1 amide bonds. The molecule has 4 aromatic rings. The summed E-state index contributed by atoms with van der Waals surface area (Å²) in [5, 5.41) is 16.2. The lowest BCUT2D eigenvalue weighted by atomic mass is 10.1. The Hall–Kier alpha value is -4.90. The average molecular weight is 454 g/mol. The van der Waals surface area contributed by atoms with Crippen LogP contribution in [0, 0.1) is 17.1 Å². The molecule has 2 N–H and O–H groups in total. The van der Waals surface area contributed by atoms with Crippen LogP contribution in [0.2, 0.25) is 0 Å². The van der Waals surface area contributed by atoms with Gasteiger partial charge >= 0.3 is 0 Å². The molecule has 3 aromatic carbocycles. The number of rotatable bonds is 7. The molecule has 0 aliphatic heterocycles. The van der Waals surface area contributed by atoms with Gasteiger partial charge in [-0.2, -0.15) is 5.26 Å². The molecule has 0 saturated carbocycles. The number of pyridine rings is 1. The normalized spacial score (nSPS) is 10.3. The summed E-state index contributed by atoms with van der Waals surface area (Å²) >= 11 is 0. The SMILES string of the molecule is C=CC(=O)Nc1ccc2ncc(C#N)c(Nc3ccc(Oc4cccc(F)c4)c(OC)c3)c2c1. The van der Waals surface area contributed by atoms with E-state index in [9.17, 15) is 14.4 Å². The van der Waals surface area contributed by atoms with Gasteiger partial charge in [-0.25, -0.2) is 4.39 Å². The number of anilines is 3. The first kappa shape index (κ1) is 22.3. The summed E-state index contributed by atoms with van der Waals surface area (Å²) in [4.78, 5) is 16.0. The monoisotopic (exact) mass is 454 g/mol. The summed E-state index contributed by atoms with van der Waals surface area (Å²) < 4.78 is 24.7. The van der Waals surface area contributed by atoms with Crippen LogP contribution in [0.15, 0.2) is 79.5 Å². The van der Waals surface area contributed by atoms with Crippen molar-refractivity contribution in [2.45, 2.75) is 0 Å². The third-order valence-corrected chi connectivity index (χ3v) is 4.90. The third kappa shape index (κ3) is 4.79. The number of halogens is 1. The Balaban J connectivity index is 1.70. The number of hydrogen-bond donors (Lipinski definition) is 2. The van der Waals surface area contributed by atoms with Crippen LogP contribution >= 0.6 is 0 Å². The van der Waals surface area contributed by atoms with Crippen molar-refractivity contribution in [3.8, 4) is 23.3 Å². The van der Waals surface area contributed by atoms with Gasteiger partial charge in [-0.05, 0) is 48.5 Å². The highest BCUT2D eigenvalue weighted by Crippen LogP contribution is 2.37. The molecule has 0 saturated heterocycles. The number of nitrogens with one attached hydrogen (secondary N) is 2. The average Bonchev–Trinajstić information content (AvgIpc) is 2.85. The van der Waals surface area contributed by atoms with Gasteiger partial charge in [-0.1, -0.05) is 12.6 Å². The lowest BCUT2D eigenvalue weighted by Gasteiger charge is -2.15. The van der Waals surface area contributed by atoms with Gasteiger partial charge in [0.1, 0.15) is 17.6 Å². The minimum absolute atomic E-state index is 0.318. The van der Waals surface area contributed by atoms with E-state index in [0.717, 1.165) is 0 Å². The number of ether oxygens (including phenoxy) is 2. The number of nitriles is 1. The van der Waals surface area contributed by atoms with Gasteiger partial charge in [0.15, 0.2) is 11.5 Å². The van der Waals surface area contributed by atoms with Crippen molar-refractivity contribution in [1.82, 2.24) is 4.98 Å². The molecular weight excluding hydrogens is 435 g/mol. The quantitative estimate of drug-likeness (QED) is 0.337. The fourth-order valence-corrected chi connectivity index (χ4v) is 3.31. The molecule has 0 spiro atoms. The van der Waals surface area contributed by atoms with E-state index in [2.05, 4.69) is 28.3 Å². The standard InChI is InChI=1S/C26H19FN4O3/c1-3-25(32)30-18-7-9-22-21(12-18)26(16(14-28)15-29-22)31-19-8-10-23(24(13-19)33-2)34-20-6-4-5-17(27)11-20/h3-13,15H,1H2,2H3,(H,29,31)(H,30,32). The van der Waals surface area contributed by atoms with Gasteiger partial charge in [-0.3, -0.25) is 9.78 Å². The number of methoxy groups -OCH3 is 1. The van der Waals surface area contributed by atoms with Crippen molar-refractivity contribution in [3.63, 3.8) is 0 Å². The smallest absolute Gasteiger partial charge is 0.247 e. The van der Waals surface area contributed by atoms with E-state index in [1.807, 2.05) is 0 Å². The van der Waals surface area contributed by atoms with Crippen molar-refractivity contribution in [2.24, 2.45) is 0 Å².